The Kier molecular flexibility index (Phi) is 5.36. The second kappa shape index (κ2) is 6.99. The molecule has 9 heteroatoms. The molecule has 0 radical (unpaired) electrons. The number of alkyl carbamates (subject to hydrolysis) is 1. The number of ether oxygens (including phenoxy) is 1. The number of nitrogens with one attached hydrogen (secondary N) is 1. The molecule has 0 saturated heterocycles. The van der Waals surface area contributed by atoms with E-state index >= 15 is 0 Å². The Hall–Kier alpha value is -2.16. The number of aromatic carboxylic acids is 1. The second-order valence-electron chi connectivity index (χ2n) is 6.33. The van der Waals surface area contributed by atoms with E-state index < -0.39 is 29.3 Å². The molecule has 1 amide bonds. The number of amides is 1. The number of hydrogen-bond donors (Lipinski definition) is 2. The number of carbonyl (C=O) groups is 2. The third-order valence-corrected chi connectivity index (χ3v) is 3.85. The summed E-state index contributed by atoms with van der Waals surface area (Å²) in [5, 5.41) is 11.7. The highest BCUT2D eigenvalue weighted by Gasteiger charge is 2.22. The van der Waals surface area contributed by atoms with Crippen molar-refractivity contribution in [3.63, 3.8) is 0 Å². The van der Waals surface area contributed by atoms with Crippen molar-refractivity contribution >= 4 is 38.9 Å². The predicted octanol–water partition coefficient (Wildman–Crippen LogP) is 3.90. The van der Waals surface area contributed by atoms with Crippen molar-refractivity contribution in [1.29, 1.82) is 0 Å². The topological polar surface area (TPSA) is 80.6 Å². The first kappa shape index (κ1) is 19.2. The smallest absolute Gasteiger partial charge is 0.407 e. The zero-order valence-electron chi connectivity index (χ0n) is 13.8. The molecule has 0 aliphatic rings. The first-order valence-corrected chi connectivity index (χ1v) is 8.17. The van der Waals surface area contributed by atoms with Crippen LogP contribution in [0.25, 0.3) is 10.9 Å². The molecule has 136 valence electrons. The van der Waals surface area contributed by atoms with Gasteiger partial charge in [-0.15, -0.1) is 0 Å². The average molecular weight is 419 g/mol. The SMILES string of the molecule is CC(C)(C)OC(=O)NCCn1c(C(=O)O)cc2c(F)c(F)cc(Br)c21. The zero-order chi connectivity index (χ0) is 18.9. The highest BCUT2D eigenvalue weighted by molar-refractivity contribution is 9.10. The normalized spacial score (nSPS) is 11.6. The van der Waals surface area contributed by atoms with Gasteiger partial charge in [-0.3, -0.25) is 0 Å². The Labute approximate surface area is 150 Å². The lowest BCUT2D eigenvalue weighted by Crippen LogP contribution is -2.34. The molecule has 0 bridgehead atoms. The number of benzene rings is 1. The van der Waals surface area contributed by atoms with Gasteiger partial charge in [0.15, 0.2) is 11.6 Å². The lowest BCUT2D eigenvalue weighted by molar-refractivity contribution is 0.0526. The summed E-state index contributed by atoms with van der Waals surface area (Å²) < 4.78 is 34.1. The molecule has 2 N–H and O–H groups in total. The summed E-state index contributed by atoms with van der Waals surface area (Å²) in [7, 11) is 0. The molecule has 1 aromatic heterocycles. The Bertz CT molecular complexity index is 843. The molecule has 0 aliphatic heterocycles. The maximum Gasteiger partial charge on any atom is 0.407 e. The number of rotatable bonds is 4. The van der Waals surface area contributed by atoms with E-state index in [1.165, 1.54) is 4.57 Å². The average Bonchev–Trinajstić information content (AvgIpc) is 2.83. The van der Waals surface area contributed by atoms with Crippen LogP contribution in [0.15, 0.2) is 16.6 Å². The first-order valence-electron chi connectivity index (χ1n) is 7.38. The third kappa shape index (κ3) is 4.28. The molecule has 6 nitrogen and oxygen atoms in total. The first-order chi connectivity index (χ1) is 11.5. The summed E-state index contributed by atoms with van der Waals surface area (Å²) in [4.78, 5) is 23.1. The quantitative estimate of drug-likeness (QED) is 0.737. The maximum absolute atomic E-state index is 14.0. The van der Waals surface area contributed by atoms with Crippen molar-refractivity contribution in [3.8, 4) is 0 Å². The minimum absolute atomic E-state index is 0.0358. The van der Waals surface area contributed by atoms with E-state index in [-0.39, 0.29) is 34.2 Å². The van der Waals surface area contributed by atoms with Gasteiger partial charge >= 0.3 is 12.1 Å². The molecule has 0 unspecified atom stereocenters. The summed E-state index contributed by atoms with van der Waals surface area (Å²) in [6.45, 7) is 5.22. The second-order valence-corrected chi connectivity index (χ2v) is 7.19. The molecular formula is C16H17BrF2N2O4. The van der Waals surface area contributed by atoms with Crippen LogP contribution in [0, 0.1) is 11.6 Å². The van der Waals surface area contributed by atoms with Gasteiger partial charge in [-0.05, 0) is 48.8 Å². The Morgan fingerprint density at radius 2 is 1.96 bits per heavy atom. The van der Waals surface area contributed by atoms with E-state index in [2.05, 4.69) is 21.2 Å². The van der Waals surface area contributed by atoms with E-state index in [9.17, 15) is 23.5 Å². The number of halogens is 3. The summed E-state index contributed by atoms with van der Waals surface area (Å²) in [6.07, 6.45) is -0.655. The van der Waals surface area contributed by atoms with Crippen LogP contribution in [-0.2, 0) is 11.3 Å². The van der Waals surface area contributed by atoms with Crippen LogP contribution in [0.4, 0.5) is 13.6 Å². The van der Waals surface area contributed by atoms with E-state index in [0.717, 1.165) is 12.1 Å². The van der Waals surface area contributed by atoms with Gasteiger partial charge in [0.2, 0.25) is 0 Å². The summed E-state index contributed by atoms with van der Waals surface area (Å²) in [5.41, 5.74) is -0.686. The van der Waals surface area contributed by atoms with Crippen molar-refractivity contribution in [1.82, 2.24) is 9.88 Å². The molecule has 0 saturated carbocycles. The van der Waals surface area contributed by atoms with Gasteiger partial charge in [0, 0.05) is 22.9 Å². The van der Waals surface area contributed by atoms with Gasteiger partial charge in [-0.1, -0.05) is 0 Å². The lowest BCUT2D eigenvalue weighted by Gasteiger charge is -2.20. The zero-order valence-corrected chi connectivity index (χ0v) is 15.4. The van der Waals surface area contributed by atoms with Crippen LogP contribution in [-0.4, -0.2) is 33.9 Å². The van der Waals surface area contributed by atoms with E-state index in [1.54, 1.807) is 20.8 Å². The lowest BCUT2D eigenvalue weighted by atomic mass is 10.2. The van der Waals surface area contributed by atoms with Crippen LogP contribution in [0.2, 0.25) is 0 Å². The monoisotopic (exact) mass is 418 g/mol. The van der Waals surface area contributed by atoms with Crippen LogP contribution >= 0.6 is 15.9 Å². The molecule has 2 rings (SSSR count). The Morgan fingerprint density at radius 3 is 2.52 bits per heavy atom. The van der Waals surface area contributed by atoms with Gasteiger partial charge < -0.3 is 19.7 Å². The Morgan fingerprint density at radius 1 is 1.32 bits per heavy atom. The van der Waals surface area contributed by atoms with Crippen LogP contribution in [0.5, 0.6) is 0 Å². The number of fused-ring (bicyclic) bond motifs is 1. The number of carbonyl (C=O) groups excluding carboxylic acids is 1. The minimum atomic E-state index is -1.29. The van der Waals surface area contributed by atoms with Gasteiger partial charge in [-0.25, -0.2) is 18.4 Å². The standard InChI is InChI=1S/C16H17BrF2N2O4/c1-16(2,3)25-15(24)20-4-5-21-11(14(22)23)6-8-12(19)10(18)7-9(17)13(8)21/h6-7H,4-5H2,1-3H3,(H,20,24)(H,22,23). The highest BCUT2D eigenvalue weighted by Crippen LogP contribution is 2.31. The molecule has 25 heavy (non-hydrogen) atoms. The fourth-order valence-electron chi connectivity index (χ4n) is 2.34. The van der Waals surface area contributed by atoms with Gasteiger partial charge in [0.05, 0.1) is 5.52 Å². The highest BCUT2D eigenvalue weighted by atomic mass is 79.9. The molecule has 0 spiro atoms. The van der Waals surface area contributed by atoms with Gasteiger partial charge in [0.25, 0.3) is 0 Å². The van der Waals surface area contributed by atoms with Gasteiger partial charge in [0.1, 0.15) is 11.3 Å². The summed E-state index contributed by atoms with van der Waals surface area (Å²) in [5.74, 6) is -3.50. The van der Waals surface area contributed by atoms with E-state index in [4.69, 9.17) is 4.74 Å². The fourth-order valence-corrected chi connectivity index (χ4v) is 2.97. The molecule has 1 heterocycles. The van der Waals surface area contributed by atoms with Crippen molar-refractivity contribution in [3.05, 3.63) is 33.9 Å². The number of carboxylic acid groups (broad SMARTS) is 1. The molecule has 1 aromatic carbocycles. The minimum Gasteiger partial charge on any atom is -0.477 e. The van der Waals surface area contributed by atoms with Crippen molar-refractivity contribution in [2.24, 2.45) is 0 Å². The van der Waals surface area contributed by atoms with Crippen LogP contribution in [0.1, 0.15) is 31.3 Å². The number of carboxylic acids is 1. The largest absolute Gasteiger partial charge is 0.477 e. The van der Waals surface area contributed by atoms with Crippen LogP contribution in [0.3, 0.4) is 0 Å². The number of aromatic nitrogens is 1. The molecular weight excluding hydrogens is 402 g/mol. The number of hydrogen-bond acceptors (Lipinski definition) is 3. The molecule has 2 aromatic rings. The molecule has 0 atom stereocenters. The summed E-state index contributed by atoms with van der Waals surface area (Å²) >= 11 is 3.12. The number of nitrogens with zero attached hydrogens (tertiary/aromatic N) is 1. The van der Waals surface area contributed by atoms with E-state index in [0.29, 0.717) is 0 Å². The van der Waals surface area contributed by atoms with Crippen molar-refractivity contribution < 1.29 is 28.2 Å². The van der Waals surface area contributed by atoms with E-state index in [1.807, 2.05) is 0 Å². The molecule has 0 aliphatic carbocycles. The van der Waals surface area contributed by atoms with Gasteiger partial charge in [-0.2, -0.15) is 0 Å². The predicted molar refractivity (Wildman–Crippen MR) is 90.8 cm³/mol. The Balaban J connectivity index is 2.31. The maximum atomic E-state index is 14.0. The third-order valence-electron chi connectivity index (χ3n) is 3.25. The fraction of sp³-hybridized carbons (Fsp3) is 0.375. The van der Waals surface area contributed by atoms with Crippen LogP contribution < -0.4 is 5.32 Å². The van der Waals surface area contributed by atoms with Crippen molar-refractivity contribution in [2.45, 2.75) is 32.9 Å². The molecule has 0 fully saturated rings. The van der Waals surface area contributed by atoms with Crippen molar-refractivity contribution in [2.75, 3.05) is 6.54 Å². The summed E-state index contributed by atoms with van der Waals surface area (Å²) in [6, 6.07) is 2.00.